The average molecular weight is 261 g/mol. The number of hydrogen-bond acceptors (Lipinski definition) is 7. The van der Waals surface area contributed by atoms with Gasteiger partial charge in [0, 0.05) is 17.8 Å². The van der Waals surface area contributed by atoms with Crippen molar-refractivity contribution in [1.82, 2.24) is 19.9 Å². The normalized spacial score (nSPS) is 10.2. The average Bonchev–Trinajstić information content (AvgIpc) is 2.44. The molecule has 0 bridgehead atoms. The van der Waals surface area contributed by atoms with Gasteiger partial charge in [-0.2, -0.15) is 15.0 Å². The summed E-state index contributed by atoms with van der Waals surface area (Å²) in [7, 11) is 1.56. The van der Waals surface area contributed by atoms with E-state index < -0.39 is 0 Å². The smallest absolute Gasteiger partial charge is 0.321 e. The lowest BCUT2D eigenvalue weighted by Crippen LogP contribution is -2.05. The number of methoxy groups -OCH3 is 1. The van der Waals surface area contributed by atoms with E-state index in [1.165, 1.54) is 0 Å². The lowest BCUT2D eigenvalue weighted by molar-refractivity contribution is 0.292. The highest BCUT2D eigenvalue weighted by Gasteiger charge is 2.08. The topological polar surface area (TPSA) is 96.0 Å². The first-order valence-corrected chi connectivity index (χ1v) is 5.87. The van der Waals surface area contributed by atoms with Crippen LogP contribution in [0.15, 0.2) is 18.3 Å². The number of ether oxygens (including phenoxy) is 2. The minimum Gasteiger partial charge on any atom is -0.481 e. The molecule has 0 saturated carbocycles. The highest BCUT2D eigenvalue weighted by molar-refractivity contribution is 5.55. The van der Waals surface area contributed by atoms with Gasteiger partial charge in [-0.15, -0.1) is 0 Å². The van der Waals surface area contributed by atoms with Crippen molar-refractivity contribution >= 4 is 5.95 Å². The highest BCUT2D eigenvalue weighted by Crippen LogP contribution is 2.18. The van der Waals surface area contributed by atoms with Crippen LogP contribution in [-0.4, -0.2) is 33.7 Å². The molecular formula is C12H15N5O2. The molecule has 0 atom stereocenters. The van der Waals surface area contributed by atoms with Crippen LogP contribution in [0.2, 0.25) is 0 Å². The van der Waals surface area contributed by atoms with Gasteiger partial charge in [0.15, 0.2) is 5.82 Å². The van der Waals surface area contributed by atoms with Crippen LogP contribution < -0.4 is 15.2 Å². The Morgan fingerprint density at radius 2 is 2.05 bits per heavy atom. The quantitative estimate of drug-likeness (QED) is 0.866. The summed E-state index contributed by atoms with van der Waals surface area (Å²) < 4.78 is 10.3. The van der Waals surface area contributed by atoms with Crippen molar-refractivity contribution < 1.29 is 9.47 Å². The molecule has 0 saturated heterocycles. The molecule has 0 spiro atoms. The number of nitrogens with zero attached hydrogens (tertiary/aromatic N) is 4. The molecule has 0 aliphatic heterocycles. The molecule has 2 aromatic heterocycles. The maximum atomic E-state index is 5.64. The van der Waals surface area contributed by atoms with Gasteiger partial charge in [0.1, 0.15) is 0 Å². The number of hydrogen-bond donors (Lipinski definition) is 1. The molecular weight excluding hydrogens is 246 g/mol. The maximum absolute atomic E-state index is 5.64. The van der Waals surface area contributed by atoms with Crippen LogP contribution in [0.4, 0.5) is 5.95 Å². The van der Waals surface area contributed by atoms with E-state index in [0.717, 1.165) is 12.0 Å². The summed E-state index contributed by atoms with van der Waals surface area (Å²) in [5.74, 6) is 1.06. The monoisotopic (exact) mass is 261 g/mol. The highest BCUT2D eigenvalue weighted by atomic mass is 16.5. The largest absolute Gasteiger partial charge is 0.481 e. The van der Waals surface area contributed by atoms with Crippen molar-refractivity contribution in [3.05, 3.63) is 18.3 Å². The van der Waals surface area contributed by atoms with Gasteiger partial charge in [-0.3, -0.25) is 0 Å². The van der Waals surface area contributed by atoms with Crippen LogP contribution in [0.25, 0.3) is 11.4 Å². The molecule has 19 heavy (non-hydrogen) atoms. The summed E-state index contributed by atoms with van der Waals surface area (Å²) in [5.41, 5.74) is 6.36. The van der Waals surface area contributed by atoms with Crippen molar-refractivity contribution in [2.75, 3.05) is 19.5 Å². The van der Waals surface area contributed by atoms with Gasteiger partial charge in [-0.05, 0) is 12.5 Å². The first-order valence-electron chi connectivity index (χ1n) is 5.87. The van der Waals surface area contributed by atoms with Crippen molar-refractivity contribution in [3.63, 3.8) is 0 Å². The van der Waals surface area contributed by atoms with Crippen LogP contribution >= 0.6 is 0 Å². The van der Waals surface area contributed by atoms with Crippen LogP contribution in [0.1, 0.15) is 13.3 Å². The summed E-state index contributed by atoms with van der Waals surface area (Å²) in [6.07, 6.45) is 2.47. The molecule has 0 aromatic carbocycles. The lowest BCUT2D eigenvalue weighted by atomic mass is 10.3. The molecule has 2 rings (SSSR count). The number of rotatable bonds is 5. The van der Waals surface area contributed by atoms with E-state index in [0.29, 0.717) is 18.3 Å². The zero-order chi connectivity index (χ0) is 13.7. The lowest BCUT2D eigenvalue weighted by Gasteiger charge is -2.06. The van der Waals surface area contributed by atoms with Crippen LogP contribution in [0.5, 0.6) is 11.9 Å². The number of nitrogens with two attached hydrogens (primary N) is 1. The molecule has 2 N–H and O–H groups in total. The van der Waals surface area contributed by atoms with Gasteiger partial charge in [0.2, 0.25) is 11.8 Å². The molecule has 7 nitrogen and oxygen atoms in total. The Hall–Kier alpha value is -2.44. The zero-order valence-electron chi connectivity index (χ0n) is 10.8. The SMILES string of the molecule is CCCOc1nc(N)nc(-c2ccc(OC)nc2)n1. The molecule has 2 aromatic rings. The summed E-state index contributed by atoms with van der Waals surface area (Å²) in [5, 5.41) is 0. The van der Waals surface area contributed by atoms with Crippen LogP contribution in [0.3, 0.4) is 0 Å². The summed E-state index contributed by atoms with van der Waals surface area (Å²) in [4.78, 5) is 16.3. The fraction of sp³-hybridized carbons (Fsp3) is 0.333. The molecule has 0 amide bonds. The summed E-state index contributed by atoms with van der Waals surface area (Å²) in [6, 6.07) is 3.74. The number of anilines is 1. The van der Waals surface area contributed by atoms with E-state index in [2.05, 4.69) is 19.9 Å². The van der Waals surface area contributed by atoms with E-state index in [1.807, 2.05) is 6.92 Å². The Balaban J connectivity index is 2.29. The van der Waals surface area contributed by atoms with E-state index in [-0.39, 0.29) is 12.0 Å². The van der Waals surface area contributed by atoms with Crippen LogP contribution in [-0.2, 0) is 0 Å². The Morgan fingerprint density at radius 1 is 1.21 bits per heavy atom. The predicted molar refractivity (Wildman–Crippen MR) is 69.8 cm³/mol. The minimum absolute atomic E-state index is 0.118. The van der Waals surface area contributed by atoms with Gasteiger partial charge in [0.05, 0.1) is 13.7 Å². The summed E-state index contributed by atoms with van der Waals surface area (Å²) in [6.45, 7) is 2.53. The second-order valence-electron chi connectivity index (χ2n) is 3.74. The fourth-order valence-electron chi connectivity index (χ4n) is 1.39. The fourth-order valence-corrected chi connectivity index (χ4v) is 1.39. The molecule has 0 unspecified atom stereocenters. The number of pyridine rings is 1. The van der Waals surface area contributed by atoms with Crippen molar-refractivity contribution in [2.45, 2.75) is 13.3 Å². The summed E-state index contributed by atoms with van der Waals surface area (Å²) >= 11 is 0. The molecule has 0 radical (unpaired) electrons. The number of aromatic nitrogens is 4. The molecule has 7 heteroatoms. The maximum Gasteiger partial charge on any atom is 0.321 e. The third-order valence-corrected chi connectivity index (χ3v) is 2.27. The van der Waals surface area contributed by atoms with Gasteiger partial charge in [-0.25, -0.2) is 4.98 Å². The van der Waals surface area contributed by atoms with Crippen molar-refractivity contribution in [1.29, 1.82) is 0 Å². The Bertz CT molecular complexity index is 544. The predicted octanol–water partition coefficient (Wildman–Crippen LogP) is 1.31. The van der Waals surface area contributed by atoms with Crippen molar-refractivity contribution in [2.24, 2.45) is 0 Å². The minimum atomic E-state index is 0.118. The standard InChI is InChI=1S/C12H15N5O2/c1-3-6-19-12-16-10(15-11(13)17-12)8-4-5-9(18-2)14-7-8/h4-5,7H,3,6H2,1-2H3,(H2,13,15,16,17). The second kappa shape index (κ2) is 5.94. The zero-order valence-corrected chi connectivity index (χ0v) is 10.8. The second-order valence-corrected chi connectivity index (χ2v) is 3.74. The Morgan fingerprint density at radius 3 is 2.68 bits per heavy atom. The third kappa shape index (κ3) is 3.27. The van der Waals surface area contributed by atoms with E-state index in [1.54, 1.807) is 25.4 Å². The first kappa shape index (κ1) is 13.0. The molecule has 0 aliphatic carbocycles. The van der Waals surface area contributed by atoms with E-state index in [9.17, 15) is 0 Å². The first-order chi connectivity index (χ1) is 9.22. The Labute approximate surface area is 110 Å². The molecule has 100 valence electrons. The Kier molecular flexibility index (Phi) is 4.07. The van der Waals surface area contributed by atoms with E-state index in [4.69, 9.17) is 15.2 Å². The van der Waals surface area contributed by atoms with E-state index >= 15 is 0 Å². The molecule has 0 fully saturated rings. The van der Waals surface area contributed by atoms with Crippen LogP contribution in [0, 0.1) is 0 Å². The van der Waals surface area contributed by atoms with Gasteiger partial charge < -0.3 is 15.2 Å². The van der Waals surface area contributed by atoms with Crippen molar-refractivity contribution in [3.8, 4) is 23.3 Å². The molecule has 2 heterocycles. The number of nitrogen functional groups attached to an aromatic ring is 1. The van der Waals surface area contributed by atoms with Gasteiger partial charge >= 0.3 is 6.01 Å². The van der Waals surface area contributed by atoms with Gasteiger partial charge in [-0.1, -0.05) is 6.92 Å². The third-order valence-electron chi connectivity index (χ3n) is 2.27. The van der Waals surface area contributed by atoms with Gasteiger partial charge in [0.25, 0.3) is 0 Å². The molecule has 0 aliphatic rings.